The van der Waals surface area contributed by atoms with E-state index in [0.29, 0.717) is 12.0 Å². The lowest BCUT2D eigenvalue weighted by molar-refractivity contribution is 0.0538. The third kappa shape index (κ3) is 2.57. The fraction of sp³-hybridized carbons (Fsp3) is 0.600. The topological polar surface area (TPSA) is 21.3 Å². The lowest BCUT2D eigenvalue weighted by Gasteiger charge is -2.24. The second-order valence-electron chi connectivity index (χ2n) is 5.43. The van der Waals surface area contributed by atoms with E-state index < -0.39 is 0 Å². The molecule has 2 aliphatic rings. The van der Waals surface area contributed by atoms with Crippen molar-refractivity contribution < 1.29 is 9.13 Å². The molecule has 2 atom stereocenters. The van der Waals surface area contributed by atoms with Crippen LogP contribution in [0.4, 0.5) is 4.39 Å². The molecule has 0 aromatic heterocycles. The summed E-state index contributed by atoms with van der Waals surface area (Å²) in [6.45, 7) is 2.82. The second-order valence-corrected chi connectivity index (χ2v) is 5.43. The molecule has 18 heavy (non-hydrogen) atoms. The minimum absolute atomic E-state index is 0.116. The van der Waals surface area contributed by atoms with E-state index >= 15 is 0 Å². The van der Waals surface area contributed by atoms with E-state index in [1.165, 1.54) is 24.0 Å². The van der Waals surface area contributed by atoms with Gasteiger partial charge in [-0.2, -0.15) is 0 Å². The molecule has 0 radical (unpaired) electrons. The van der Waals surface area contributed by atoms with Crippen molar-refractivity contribution >= 4 is 0 Å². The molecule has 0 saturated carbocycles. The first-order chi connectivity index (χ1) is 8.83. The van der Waals surface area contributed by atoms with E-state index in [0.717, 1.165) is 32.6 Å². The SMILES string of the molecule is Fc1ccc2c(c1)CCC2NCC1CCCOC1. The molecule has 0 spiro atoms. The summed E-state index contributed by atoms with van der Waals surface area (Å²) in [7, 11) is 0. The van der Waals surface area contributed by atoms with Crippen LogP contribution in [0.5, 0.6) is 0 Å². The smallest absolute Gasteiger partial charge is 0.123 e. The van der Waals surface area contributed by atoms with Gasteiger partial charge in [-0.05, 0) is 54.9 Å². The van der Waals surface area contributed by atoms with E-state index in [1.807, 2.05) is 6.07 Å². The molecule has 0 amide bonds. The Balaban J connectivity index is 1.59. The van der Waals surface area contributed by atoms with Gasteiger partial charge in [0.1, 0.15) is 5.82 Å². The summed E-state index contributed by atoms with van der Waals surface area (Å²) in [6, 6.07) is 5.60. The third-order valence-electron chi connectivity index (χ3n) is 4.09. The average molecular weight is 249 g/mol. The molecular formula is C15H20FNO. The number of nitrogens with one attached hydrogen (secondary N) is 1. The van der Waals surface area contributed by atoms with Gasteiger partial charge in [0.2, 0.25) is 0 Å². The van der Waals surface area contributed by atoms with Gasteiger partial charge in [-0.1, -0.05) is 6.07 Å². The monoisotopic (exact) mass is 249 g/mol. The molecule has 1 fully saturated rings. The van der Waals surface area contributed by atoms with E-state index in [1.54, 1.807) is 12.1 Å². The number of hydrogen-bond donors (Lipinski definition) is 1. The minimum Gasteiger partial charge on any atom is -0.381 e. The first-order valence-electron chi connectivity index (χ1n) is 6.92. The molecule has 2 nitrogen and oxygen atoms in total. The highest BCUT2D eigenvalue weighted by molar-refractivity contribution is 5.34. The Morgan fingerprint density at radius 2 is 2.28 bits per heavy atom. The Bertz CT molecular complexity index is 415. The van der Waals surface area contributed by atoms with Crippen LogP contribution in [0.25, 0.3) is 0 Å². The maximum atomic E-state index is 13.1. The van der Waals surface area contributed by atoms with Crippen LogP contribution in [0.15, 0.2) is 18.2 Å². The van der Waals surface area contributed by atoms with Gasteiger partial charge < -0.3 is 10.1 Å². The molecule has 0 bridgehead atoms. The highest BCUT2D eigenvalue weighted by atomic mass is 19.1. The summed E-state index contributed by atoms with van der Waals surface area (Å²) >= 11 is 0. The van der Waals surface area contributed by atoms with Crippen LogP contribution in [0.2, 0.25) is 0 Å². The fourth-order valence-electron chi connectivity index (χ4n) is 3.08. The first kappa shape index (κ1) is 12.1. The van der Waals surface area contributed by atoms with E-state index in [9.17, 15) is 4.39 Å². The third-order valence-corrected chi connectivity index (χ3v) is 4.09. The molecule has 1 heterocycles. The molecule has 1 N–H and O–H groups in total. The Morgan fingerprint density at radius 3 is 3.11 bits per heavy atom. The number of ether oxygens (including phenoxy) is 1. The van der Waals surface area contributed by atoms with Crippen LogP contribution in [0.3, 0.4) is 0 Å². The number of aryl methyl sites for hydroxylation is 1. The van der Waals surface area contributed by atoms with Crippen LogP contribution >= 0.6 is 0 Å². The van der Waals surface area contributed by atoms with Crippen LogP contribution in [0, 0.1) is 11.7 Å². The molecule has 1 aromatic rings. The van der Waals surface area contributed by atoms with Crippen molar-refractivity contribution in [1.82, 2.24) is 5.32 Å². The largest absolute Gasteiger partial charge is 0.381 e. The Hall–Kier alpha value is -0.930. The van der Waals surface area contributed by atoms with Crippen LogP contribution in [0.1, 0.15) is 36.4 Å². The number of rotatable bonds is 3. The summed E-state index contributed by atoms with van der Waals surface area (Å²) in [5.74, 6) is 0.526. The van der Waals surface area contributed by atoms with Crippen molar-refractivity contribution in [2.24, 2.45) is 5.92 Å². The maximum Gasteiger partial charge on any atom is 0.123 e. The molecule has 1 aliphatic carbocycles. The summed E-state index contributed by atoms with van der Waals surface area (Å²) in [5.41, 5.74) is 2.46. The lowest BCUT2D eigenvalue weighted by atomic mass is 10.0. The van der Waals surface area contributed by atoms with Crippen molar-refractivity contribution in [1.29, 1.82) is 0 Å². The minimum atomic E-state index is -0.116. The molecule has 3 heteroatoms. The Morgan fingerprint density at radius 1 is 1.33 bits per heavy atom. The van der Waals surface area contributed by atoms with Gasteiger partial charge in [-0.3, -0.25) is 0 Å². The van der Waals surface area contributed by atoms with Gasteiger partial charge in [0, 0.05) is 19.2 Å². The predicted octanol–water partition coefficient (Wildman–Crippen LogP) is 2.83. The molecule has 3 rings (SSSR count). The van der Waals surface area contributed by atoms with Gasteiger partial charge in [0.25, 0.3) is 0 Å². The molecule has 1 aromatic carbocycles. The summed E-state index contributed by atoms with van der Waals surface area (Å²) < 4.78 is 18.6. The highest BCUT2D eigenvalue weighted by Crippen LogP contribution is 2.31. The zero-order valence-corrected chi connectivity index (χ0v) is 10.6. The lowest BCUT2D eigenvalue weighted by Crippen LogP contribution is -2.31. The number of fused-ring (bicyclic) bond motifs is 1. The van der Waals surface area contributed by atoms with Gasteiger partial charge in [-0.25, -0.2) is 4.39 Å². The van der Waals surface area contributed by atoms with Crippen molar-refractivity contribution in [3.8, 4) is 0 Å². The van der Waals surface area contributed by atoms with Gasteiger partial charge in [0.05, 0.1) is 6.61 Å². The fourth-order valence-corrected chi connectivity index (χ4v) is 3.08. The van der Waals surface area contributed by atoms with Crippen molar-refractivity contribution in [3.05, 3.63) is 35.1 Å². The quantitative estimate of drug-likeness (QED) is 0.889. The van der Waals surface area contributed by atoms with Gasteiger partial charge in [-0.15, -0.1) is 0 Å². The van der Waals surface area contributed by atoms with Crippen LogP contribution in [-0.4, -0.2) is 19.8 Å². The van der Waals surface area contributed by atoms with Crippen molar-refractivity contribution in [2.45, 2.75) is 31.7 Å². The van der Waals surface area contributed by atoms with Gasteiger partial charge in [0.15, 0.2) is 0 Å². The highest BCUT2D eigenvalue weighted by Gasteiger charge is 2.23. The van der Waals surface area contributed by atoms with Crippen molar-refractivity contribution in [2.75, 3.05) is 19.8 Å². The van der Waals surface area contributed by atoms with Gasteiger partial charge >= 0.3 is 0 Å². The van der Waals surface area contributed by atoms with Crippen LogP contribution in [-0.2, 0) is 11.2 Å². The van der Waals surface area contributed by atoms with Crippen LogP contribution < -0.4 is 5.32 Å². The van der Waals surface area contributed by atoms with E-state index in [4.69, 9.17) is 4.74 Å². The molecule has 1 aliphatic heterocycles. The molecular weight excluding hydrogens is 229 g/mol. The standard InChI is InChI=1S/C15H20FNO/c16-13-4-5-14-12(8-13)3-6-15(14)17-9-11-2-1-7-18-10-11/h4-5,8,11,15,17H,1-3,6-7,9-10H2. The number of hydrogen-bond acceptors (Lipinski definition) is 2. The number of halogens is 1. The second kappa shape index (κ2) is 5.37. The van der Waals surface area contributed by atoms with E-state index in [-0.39, 0.29) is 5.82 Å². The average Bonchev–Trinajstić information content (AvgIpc) is 2.80. The Kier molecular flexibility index (Phi) is 3.62. The predicted molar refractivity (Wildman–Crippen MR) is 69.0 cm³/mol. The molecule has 1 saturated heterocycles. The molecule has 2 unspecified atom stereocenters. The zero-order valence-electron chi connectivity index (χ0n) is 10.6. The van der Waals surface area contributed by atoms with E-state index in [2.05, 4.69) is 5.32 Å². The first-order valence-corrected chi connectivity index (χ1v) is 6.92. The summed E-state index contributed by atoms with van der Waals surface area (Å²) in [5, 5.41) is 3.62. The summed E-state index contributed by atoms with van der Waals surface area (Å²) in [6.07, 6.45) is 4.52. The molecule has 98 valence electrons. The maximum absolute atomic E-state index is 13.1. The number of benzene rings is 1. The Labute approximate surface area is 108 Å². The summed E-state index contributed by atoms with van der Waals surface area (Å²) in [4.78, 5) is 0. The van der Waals surface area contributed by atoms with Crippen molar-refractivity contribution in [3.63, 3.8) is 0 Å². The normalized spacial score (nSPS) is 27.2. The zero-order chi connectivity index (χ0) is 12.4.